The number of benzene rings is 1. The molecule has 6 rings (SSSR count). The zero-order chi connectivity index (χ0) is 23.2. The molecule has 4 bridgehead atoms. The lowest BCUT2D eigenvalue weighted by molar-refractivity contribution is -0.137. The smallest absolute Gasteiger partial charge is 0.347 e. The van der Waals surface area contributed by atoms with Gasteiger partial charge in [-0.1, -0.05) is 18.2 Å². The molecule has 2 atom stereocenters. The van der Waals surface area contributed by atoms with Gasteiger partial charge in [-0.2, -0.15) is 13.2 Å². The number of rotatable bonds is 6. The normalized spacial score (nSPS) is 31.2. The Morgan fingerprint density at radius 3 is 2.36 bits per heavy atom. The Labute approximate surface area is 192 Å². The van der Waals surface area contributed by atoms with Crippen molar-refractivity contribution in [2.45, 2.75) is 51.2 Å². The second-order valence-electron chi connectivity index (χ2n) is 10.8. The summed E-state index contributed by atoms with van der Waals surface area (Å²) in [4.78, 5) is 29.0. The van der Waals surface area contributed by atoms with E-state index >= 15 is 0 Å². The summed E-state index contributed by atoms with van der Waals surface area (Å²) >= 11 is 0. The van der Waals surface area contributed by atoms with Crippen LogP contribution in [0, 0.1) is 23.2 Å². The minimum absolute atomic E-state index is 0.00603. The number of piperazine rings is 1. The Morgan fingerprint density at radius 2 is 1.73 bits per heavy atom. The maximum Gasteiger partial charge on any atom is 0.416 e. The molecule has 0 spiro atoms. The zero-order valence-corrected chi connectivity index (χ0v) is 18.9. The molecule has 1 aromatic rings. The van der Waals surface area contributed by atoms with Gasteiger partial charge in [0.15, 0.2) is 0 Å². The number of halogens is 3. The van der Waals surface area contributed by atoms with Crippen LogP contribution in [-0.4, -0.2) is 54.3 Å². The third-order valence-corrected chi connectivity index (χ3v) is 8.41. The maximum atomic E-state index is 12.9. The number of carbonyl (C=O) groups excluding carboxylic acids is 2. The summed E-state index contributed by atoms with van der Waals surface area (Å²) in [5, 5.41) is 2.86. The van der Waals surface area contributed by atoms with Crippen LogP contribution in [0.3, 0.4) is 0 Å². The summed E-state index contributed by atoms with van der Waals surface area (Å²) in [5.74, 6) is 2.36. The van der Waals surface area contributed by atoms with E-state index in [2.05, 4.69) is 10.2 Å². The standard InChI is InChI=1S/C25H32F3N3O2/c26-25(27,28)21-3-1-2-17(10-21)16-30-4-6-31(7-5-30)23(33)15-29-22(32)14-24-11-18-8-19(12-24)20(9-18)13-24/h1-3,10,18-20H,4-9,11-16H2,(H,29,32). The van der Waals surface area contributed by atoms with Crippen molar-refractivity contribution in [3.63, 3.8) is 0 Å². The predicted molar refractivity (Wildman–Crippen MR) is 117 cm³/mol. The Balaban J connectivity index is 1.05. The number of hydrogen-bond donors (Lipinski definition) is 1. The van der Waals surface area contributed by atoms with E-state index in [4.69, 9.17) is 0 Å². The SMILES string of the molecule is O=C(CC12CC3CC(C1)C(C3)C2)NCC(=O)N1CCN(Cc2cccc(C(F)(F)F)c2)CC1. The monoisotopic (exact) mass is 463 g/mol. The Kier molecular flexibility index (Phi) is 5.91. The molecule has 1 aliphatic heterocycles. The van der Waals surface area contributed by atoms with Gasteiger partial charge in [-0.05, 0) is 66.9 Å². The van der Waals surface area contributed by atoms with Crippen LogP contribution in [-0.2, 0) is 22.3 Å². The minimum Gasteiger partial charge on any atom is -0.347 e. The number of alkyl halides is 3. The summed E-state index contributed by atoms with van der Waals surface area (Å²) in [6.07, 6.45) is 2.46. The first-order valence-electron chi connectivity index (χ1n) is 12.1. The summed E-state index contributed by atoms with van der Waals surface area (Å²) in [5.41, 5.74) is 0.159. The number of carbonyl (C=O) groups is 2. The molecule has 1 N–H and O–H groups in total. The molecule has 0 radical (unpaired) electrons. The number of amides is 2. The summed E-state index contributed by atoms with van der Waals surface area (Å²) < 4.78 is 38.8. The topological polar surface area (TPSA) is 52.7 Å². The van der Waals surface area contributed by atoms with Gasteiger partial charge in [0, 0.05) is 39.1 Å². The van der Waals surface area contributed by atoms with Crippen LogP contribution in [0.1, 0.15) is 49.7 Å². The van der Waals surface area contributed by atoms with Gasteiger partial charge in [0.1, 0.15) is 0 Å². The molecule has 4 aliphatic carbocycles. The third kappa shape index (κ3) is 4.91. The lowest BCUT2D eigenvalue weighted by Gasteiger charge is -2.38. The van der Waals surface area contributed by atoms with Crippen molar-refractivity contribution in [2.24, 2.45) is 23.2 Å². The van der Waals surface area contributed by atoms with Crippen molar-refractivity contribution in [3.8, 4) is 0 Å². The van der Waals surface area contributed by atoms with Gasteiger partial charge in [0.05, 0.1) is 12.1 Å². The van der Waals surface area contributed by atoms with E-state index in [0.29, 0.717) is 44.7 Å². The first kappa shape index (κ1) is 22.7. The largest absolute Gasteiger partial charge is 0.416 e. The fourth-order valence-electron chi connectivity index (χ4n) is 7.14. The number of nitrogens with one attached hydrogen (secondary N) is 1. The molecular weight excluding hydrogens is 431 g/mol. The Bertz CT molecular complexity index is 891. The Hall–Kier alpha value is -2.09. The summed E-state index contributed by atoms with van der Waals surface area (Å²) in [6.45, 7) is 2.68. The molecule has 8 heteroatoms. The van der Waals surface area contributed by atoms with Gasteiger partial charge in [0.2, 0.25) is 11.8 Å². The van der Waals surface area contributed by atoms with Crippen LogP contribution in [0.2, 0.25) is 0 Å². The third-order valence-electron chi connectivity index (χ3n) is 8.41. The first-order chi connectivity index (χ1) is 15.7. The summed E-state index contributed by atoms with van der Waals surface area (Å²) in [7, 11) is 0. The average Bonchev–Trinajstić information content (AvgIpc) is 3.18. The van der Waals surface area contributed by atoms with Crippen LogP contribution in [0.25, 0.3) is 0 Å². The Morgan fingerprint density at radius 1 is 1.03 bits per heavy atom. The van der Waals surface area contributed by atoms with Gasteiger partial charge in [-0.25, -0.2) is 0 Å². The fraction of sp³-hybridized carbons (Fsp3) is 0.680. The van der Waals surface area contributed by atoms with Gasteiger partial charge in [-0.15, -0.1) is 0 Å². The lowest BCUT2D eigenvalue weighted by Crippen LogP contribution is -2.51. The highest BCUT2D eigenvalue weighted by atomic mass is 19.4. The lowest BCUT2D eigenvalue weighted by atomic mass is 9.67. The average molecular weight is 464 g/mol. The zero-order valence-electron chi connectivity index (χ0n) is 18.9. The predicted octanol–water partition coefficient (Wildman–Crippen LogP) is 3.68. The highest BCUT2D eigenvalue weighted by molar-refractivity contribution is 5.85. The van der Waals surface area contributed by atoms with E-state index in [9.17, 15) is 22.8 Å². The van der Waals surface area contributed by atoms with Gasteiger partial charge < -0.3 is 10.2 Å². The van der Waals surface area contributed by atoms with E-state index in [1.165, 1.54) is 44.2 Å². The van der Waals surface area contributed by atoms with Crippen molar-refractivity contribution in [1.82, 2.24) is 15.1 Å². The van der Waals surface area contributed by atoms with Crippen LogP contribution in [0.4, 0.5) is 13.2 Å². The quantitative estimate of drug-likeness (QED) is 0.700. The molecule has 33 heavy (non-hydrogen) atoms. The van der Waals surface area contributed by atoms with Crippen molar-refractivity contribution in [2.75, 3.05) is 32.7 Å². The van der Waals surface area contributed by atoms with E-state index in [-0.39, 0.29) is 23.8 Å². The molecule has 1 aromatic carbocycles. The molecule has 5 aliphatic rings. The van der Waals surface area contributed by atoms with Crippen LogP contribution in [0.15, 0.2) is 24.3 Å². The van der Waals surface area contributed by atoms with E-state index in [1.54, 1.807) is 11.0 Å². The molecule has 180 valence electrons. The molecule has 2 amide bonds. The second-order valence-corrected chi connectivity index (χ2v) is 10.8. The molecule has 0 aromatic heterocycles. The van der Waals surface area contributed by atoms with Gasteiger partial charge in [0.25, 0.3) is 0 Å². The maximum absolute atomic E-state index is 12.9. The van der Waals surface area contributed by atoms with Crippen molar-refractivity contribution >= 4 is 11.8 Å². The van der Waals surface area contributed by atoms with Crippen molar-refractivity contribution < 1.29 is 22.8 Å². The van der Waals surface area contributed by atoms with Crippen LogP contribution in [0.5, 0.6) is 0 Å². The highest BCUT2D eigenvalue weighted by Crippen LogP contribution is 2.65. The summed E-state index contributed by atoms with van der Waals surface area (Å²) in [6, 6.07) is 5.40. The first-order valence-corrected chi connectivity index (χ1v) is 12.1. The van der Waals surface area contributed by atoms with Crippen molar-refractivity contribution in [1.29, 1.82) is 0 Å². The van der Waals surface area contributed by atoms with Crippen LogP contribution < -0.4 is 5.32 Å². The van der Waals surface area contributed by atoms with Crippen molar-refractivity contribution in [3.05, 3.63) is 35.4 Å². The number of nitrogens with zero attached hydrogens (tertiary/aromatic N) is 2. The molecule has 5 nitrogen and oxygen atoms in total. The molecule has 1 saturated heterocycles. The van der Waals surface area contributed by atoms with E-state index in [0.717, 1.165) is 23.8 Å². The van der Waals surface area contributed by atoms with E-state index < -0.39 is 11.7 Å². The molecule has 5 fully saturated rings. The minimum atomic E-state index is -4.35. The molecule has 1 heterocycles. The van der Waals surface area contributed by atoms with Gasteiger partial charge >= 0.3 is 6.18 Å². The number of hydrogen-bond acceptors (Lipinski definition) is 3. The highest BCUT2D eigenvalue weighted by Gasteiger charge is 2.56. The molecule has 4 saturated carbocycles. The molecular formula is C25H32F3N3O2. The van der Waals surface area contributed by atoms with Crippen LogP contribution >= 0.6 is 0 Å². The van der Waals surface area contributed by atoms with E-state index in [1.807, 2.05) is 0 Å². The van der Waals surface area contributed by atoms with Gasteiger partial charge in [-0.3, -0.25) is 14.5 Å². The fourth-order valence-corrected chi connectivity index (χ4v) is 7.14. The second kappa shape index (κ2) is 8.60. The molecule has 2 unspecified atom stereocenters.